The van der Waals surface area contributed by atoms with Gasteiger partial charge in [0.15, 0.2) is 6.61 Å². The molecule has 1 atom stereocenters. The number of hydrogen-bond acceptors (Lipinski definition) is 4. The molecule has 0 unspecified atom stereocenters. The molecule has 9 heteroatoms. The van der Waals surface area contributed by atoms with Gasteiger partial charge in [-0.1, -0.05) is 48.9 Å². The number of halogens is 2. The first-order valence-corrected chi connectivity index (χ1v) is 8.84. The van der Waals surface area contributed by atoms with Gasteiger partial charge in [0.2, 0.25) is 0 Å². The fourth-order valence-electron chi connectivity index (χ4n) is 2.91. The first-order valence-electron chi connectivity index (χ1n) is 8.47. The smallest absolute Gasteiger partial charge is 0.344 e. The van der Waals surface area contributed by atoms with Crippen molar-refractivity contribution in [1.82, 2.24) is 15.8 Å². The van der Waals surface area contributed by atoms with E-state index in [1.54, 1.807) is 37.3 Å². The van der Waals surface area contributed by atoms with Crippen LogP contribution < -0.4 is 15.5 Å². The van der Waals surface area contributed by atoms with Crippen LogP contribution in [-0.4, -0.2) is 29.5 Å². The zero-order chi connectivity index (χ0) is 20.3. The molecule has 0 aliphatic carbocycles. The first kappa shape index (κ1) is 19.6. The Morgan fingerprint density at radius 3 is 2.61 bits per heavy atom. The monoisotopic (exact) mass is 405 g/mol. The fraction of sp³-hybridized carbons (Fsp3) is 0.211. The number of nitrogens with one attached hydrogen (secondary N) is 2. The molecule has 0 spiro atoms. The predicted octanol–water partition coefficient (Wildman–Crippen LogP) is 2.75. The SMILES string of the molecule is CC[C@@]1(c2ccccc2)NC(=O)N(NC(=O)COc2ccc(F)c(Cl)c2)C1=O. The quantitative estimate of drug-likeness (QED) is 0.723. The van der Waals surface area contributed by atoms with E-state index in [0.29, 0.717) is 17.0 Å². The molecular formula is C19H17ClFN3O4. The second kappa shape index (κ2) is 7.85. The van der Waals surface area contributed by atoms with Gasteiger partial charge in [0.05, 0.1) is 5.02 Å². The molecule has 3 rings (SSSR count). The molecule has 0 saturated carbocycles. The summed E-state index contributed by atoms with van der Waals surface area (Å²) in [6.45, 7) is 1.27. The normalized spacial score (nSPS) is 18.8. The van der Waals surface area contributed by atoms with Crippen LogP contribution >= 0.6 is 11.6 Å². The number of urea groups is 1. The Morgan fingerprint density at radius 1 is 1.25 bits per heavy atom. The van der Waals surface area contributed by atoms with Gasteiger partial charge in [0.1, 0.15) is 17.1 Å². The van der Waals surface area contributed by atoms with Crippen molar-refractivity contribution in [3.05, 3.63) is 64.9 Å². The van der Waals surface area contributed by atoms with Crippen molar-refractivity contribution in [3.63, 3.8) is 0 Å². The minimum atomic E-state index is -1.25. The van der Waals surface area contributed by atoms with Gasteiger partial charge in [0.25, 0.3) is 11.8 Å². The third kappa shape index (κ3) is 3.63. The molecule has 0 aromatic heterocycles. The largest absolute Gasteiger partial charge is 0.484 e. The van der Waals surface area contributed by atoms with Crippen molar-refractivity contribution in [2.75, 3.05) is 6.61 Å². The van der Waals surface area contributed by atoms with Crippen LogP contribution in [0, 0.1) is 5.82 Å². The summed E-state index contributed by atoms with van der Waals surface area (Å²) in [6.07, 6.45) is 0.304. The highest BCUT2D eigenvalue weighted by Crippen LogP contribution is 2.31. The van der Waals surface area contributed by atoms with E-state index >= 15 is 0 Å². The fourth-order valence-corrected chi connectivity index (χ4v) is 3.08. The molecular weight excluding hydrogens is 389 g/mol. The molecule has 4 amide bonds. The number of imide groups is 1. The summed E-state index contributed by atoms with van der Waals surface area (Å²) in [7, 11) is 0. The number of benzene rings is 2. The Bertz CT molecular complexity index is 925. The maximum atomic E-state index is 13.1. The standard InChI is InChI=1S/C19H17ClFN3O4/c1-2-19(12-6-4-3-5-7-12)17(26)24(18(27)22-19)23-16(25)11-28-13-8-9-15(21)14(20)10-13/h3-10H,2,11H2,1H3,(H,22,27)(H,23,25)/t19-/m0/s1. The van der Waals surface area contributed by atoms with E-state index in [0.717, 1.165) is 6.07 Å². The molecule has 2 aromatic carbocycles. The van der Waals surface area contributed by atoms with Crippen molar-refractivity contribution in [2.24, 2.45) is 0 Å². The third-order valence-corrected chi connectivity index (χ3v) is 4.68. The molecule has 2 N–H and O–H groups in total. The maximum absolute atomic E-state index is 13.1. The van der Waals surface area contributed by atoms with Crippen LogP contribution in [0.25, 0.3) is 0 Å². The second-order valence-corrected chi connectivity index (χ2v) is 6.50. The number of rotatable bonds is 6. The van der Waals surface area contributed by atoms with Crippen molar-refractivity contribution in [2.45, 2.75) is 18.9 Å². The summed E-state index contributed by atoms with van der Waals surface area (Å²) in [6, 6.07) is 11.7. The van der Waals surface area contributed by atoms with Crippen LogP contribution in [0.4, 0.5) is 9.18 Å². The lowest BCUT2D eigenvalue weighted by molar-refractivity contribution is -0.140. The molecule has 28 heavy (non-hydrogen) atoms. The van der Waals surface area contributed by atoms with Crippen molar-refractivity contribution in [1.29, 1.82) is 0 Å². The van der Waals surface area contributed by atoms with Crippen LogP contribution in [0.15, 0.2) is 48.5 Å². The number of nitrogens with zero attached hydrogens (tertiary/aromatic N) is 1. The summed E-state index contributed by atoms with van der Waals surface area (Å²) in [5, 5.41) is 3.14. The Hall–Kier alpha value is -3.13. The van der Waals surface area contributed by atoms with E-state index < -0.39 is 35.8 Å². The maximum Gasteiger partial charge on any atom is 0.344 e. The Labute approximate surface area is 165 Å². The van der Waals surface area contributed by atoms with Gasteiger partial charge in [0, 0.05) is 6.07 Å². The lowest BCUT2D eigenvalue weighted by atomic mass is 9.87. The van der Waals surface area contributed by atoms with E-state index in [1.807, 2.05) is 0 Å². The number of carbonyl (C=O) groups is 3. The molecule has 1 aliphatic heterocycles. The zero-order valence-electron chi connectivity index (χ0n) is 14.9. The highest BCUT2D eigenvalue weighted by molar-refractivity contribution is 6.30. The predicted molar refractivity (Wildman–Crippen MR) is 98.8 cm³/mol. The lowest BCUT2D eigenvalue weighted by Gasteiger charge is -2.25. The van der Waals surface area contributed by atoms with Gasteiger partial charge >= 0.3 is 6.03 Å². The van der Waals surface area contributed by atoms with Crippen LogP contribution in [0.1, 0.15) is 18.9 Å². The molecule has 1 saturated heterocycles. The van der Waals surface area contributed by atoms with E-state index in [-0.39, 0.29) is 10.8 Å². The molecule has 0 radical (unpaired) electrons. The molecule has 1 aliphatic rings. The zero-order valence-corrected chi connectivity index (χ0v) is 15.6. The summed E-state index contributed by atoms with van der Waals surface area (Å²) in [4.78, 5) is 37.3. The van der Waals surface area contributed by atoms with Crippen LogP contribution in [0.5, 0.6) is 5.75 Å². The molecule has 7 nitrogen and oxygen atoms in total. The van der Waals surface area contributed by atoms with Crippen molar-refractivity contribution in [3.8, 4) is 5.75 Å². The van der Waals surface area contributed by atoms with Crippen molar-refractivity contribution < 1.29 is 23.5 Å². The van der Waals surface area contributed by atoms with Crippen LogP contribution in [-0.2, 0) is 15.1 Å². The summed E-state index contributed by atoms with van der Waals surface area (Å²) < 4.78 is 18.4. The van der Waals surface area contributed by atoms with E-state index in [2.05, 4.69) is 10.7 Å². The van der Waals surface area contributed by atoms with Gasteiger partial charge < -0.3 is 10.1 Å². The second-order valence-electron chi connectivity index (χ2n) is 6.10. The Balaban J connectivity index is 1.68. The van der Waals surface area contributed by atoms with E-state index in [4.69, 9.17) is 16.3 Å². The van der Waals surface area contributed by atoms with Crippen molar-refractivity contribution >= 4 is 29.4 Å². The summed E-state index contributed by atoms with van der Waals surface area (Å²) in [5.74, 6) is -1.77. The van der Waals surface area contributed by atoms with E-state index in [9.17, 15) is 18.8 Å². The topological polar surface area (TPSA) is 87.7 Å². The number of ether oxygens (including phenoxy) is 1. The minimum absolute atomic E-state index is 0.150. The minimum Gasteiger partial charge on any atom is -0.484 e. The van der Waals surface area contributed by atoms with Gasteiger partial charge in [-0.15, -0.1) is 0 Å². The lowest BCUT2D eigenvalue weighted by Crippen LogP contribution is -2.49. The number of hydrazine groups is 1. The first-order chi connectivity index (χ1) is 13.4. The van der Waals surface area contributed by atoms with Gasteiger partial charge in [-0.25, -0.2) is 9.18 Å². The van der Waals surface area contributed by atoms with Gasteiger partial charge in [-0.05, 0) is 24.1 Å². The Kier molecular flexibility index (Phi) is 5.51. The number of hydrogen-bond donors (Lipinski definition) is 2. The molecule has 146 valence electrons. The van der Waals surface area contributed by atoms with Gasteiger partial charge in [-0.3, -0.25) is 15.0 Å². The highest BCUT2D eigenvalue weighted by atomic mass is 35.5. The highest BCUT2D eigenvalue weighted by Gasteiger charge is 2.52. The molecule has 1 heterocycles. The average molecular weight is 406 g/mol. The summed E-state index contributed by atoms with van der Waals surface area (Å²) in [5.41, 5.74) is 1.60. The number of carbonyl (C=O) groups excluding carboxylic acids is 3. The van der Waals surface area contributed by atoms with Crippen LogP contribution in [0.3, 0.4) is 0 Å². The Morgan fingerprint density at radius 2 is 1.96 bits per heavy atom. The third-order valence-electron chi connectivity index (χ3n) is 4.39. The average Bonchev–Trinajstić information content (AvgIpc) is 2.94. The molecule has 0 bridgehead atoms. The van der Waals surface area contributed by atoms with Gasteiger partial charge in [-0.2, -0.15) is 5.01 Å². The molecule has 2 aromatic rings. The summed E-state index contributed by atoms with van der Waals surface area (Å²) >= 11 is 5.65. The molecule has 1 fully saturated rings. The van der Waals surface area contributed by atoms with Crippen LogP contribution in [0.2, 0.25) is 5.02 Å². The number of amides is 4. The van der Waals surface area contributed by atoms with E-state index in [1.165, 1.54) is 12.1 Å².